The van der Waals surface area contributed by atoms with Crippen LogP contribution in [0.3, 0.4) is 0 Å². The molecule has 3 heteroatoms. The predicted octanol–water partition coefficient (Wildman–Crippen LogP) is 2.61. The number of carboxylic acid groups (broad SMARTS) is 1. The highest BCUT2D eigenvalue weighted by Gasteiger charge is 2.31. The highest BCUT2D eigenvalue weighted by molar-refractivity contribution is 5.73. The molecule has 0 aromatic carbocycles. The Morgan fingerprint density at radius 2 is 2.25 bits per heavy atom. The van der Waals surface area contributed by atoms with Gasteiger partial charge in [0.05, 0.1) is 0 Å². The van der Waals surface area contributed by atoms with Crippen molar-refractivity contribution in [2.45, 2.75) is 52.5 Å². The van der Waals surface area contributed by atoms with E-state index in [1.165, 1.54) is 12.8 Å². The van der Waals surface area contributed by atoms with Gasteiger partial charge in [0.2, 0.25) is 0 Å². The third-order valence-corrected chi connectivity index (χ3v) is 3.59. The summed E-state index contributed by atoms with van der Waals surface area (Å²) in [5, 5.41) is 9.23. The Labute approximate surface area is 98.8 Å². The molecule has 1 fully saturated rings. The minimum atomic E-state index is -0.643. The normalized spacial score (nSPS) is 28.9. The lowest BCUT2D eigenvalue weighted by Gasteiger charge is -2.37. The van der Waals surface area contributed by atoms with Gasteiger partial charge in [0.1, 0.15) is 6.04 Å². The van der Waals surface area contributed by atoms with E-state index in [-0.39, 0.29) is 6.04 Å². The van der Waals surface area contributed by atoms with Crippen molar-refractivity contribution in [2.24, 2.45) is 11.8 Å². The number of aliphatic carboxylic acids is 1. The third-order valence-electron chi connectivity index (χ3n) is 3.59. The smallest absolute Gasteiger partial charge is 0.320 e. The van der Waals surface area contributed by atoms with Crippen LogP contribution in [0.25, 0.3) is 0 Å². The Hall–Kier alpha value is -0.570. The van der Waals surface area contributed by atoms with Gasteiger partial charge in [-0.3, -0.25) is 9.69 Å². The number of piperidine rings is 1. The molecule has 0 aromatic heterocycles. The van der Waals surface area contributed by atoms with Crippen molar-refractivity contribution < 1.29 is 9.90 Å². The lowest BCUT2D eigenvalue weighted by atomic mass is 9.91. The van der Waals surface area contributed by atoms with Gasteiger partial charge in [-0.1, -0.05) is 27.2 Å². The van der Waals surface area contributed by atoms with E-state index in [1.54, 1.807) is 0 Å². The van der Waals surface area contributed by atoms with Gasteiger partial charge >= 0.3 is 5.97 Å². The van der Waals surface area contributed by atoms with Crippen LogP contribution < -0.4 is 0 Å². The van der Waals surface area contributed by atoms with Gasteiger partial charge in [-0.2, -0.15) is 0 Å². The van der Waals surface area contributed by atoms with Crippen LogP contribution in [0.2, 0.25) is 0 Å². The minimum absolute atomic E-state index is 0.247. The van der Waals surface area contributed by atoms with E-state index in [0.29, 0.717) is 11.8 Å². The lowest BCUT2D eigenvalue weighted by molar-refractivity contribution is -0.145. The van der Waals surface area contributed by atoms with E-state index < -0.39 is 5.97 Å². The molecule has 0 bridgehead atoms. The van der Waals surface area contributed by atoms with E-state index in [4.69, 9.17) is 0 Å². The summed E-state index contributed by atoms with van der Waals surface area (Å²) in [6.07, 6.45) is 4.33. The van der Waals surface area contributed by atoms with Crippen molar-refractivity contribution in [1.82, 2.24) is 4.90 Å². The van der Waals surface area contributed by atoms with Crippen LogP contribution in [-0.4, -0.2) is 35.1 Å². The number of carboxylic acids is 1. The quantitative estimate of drug-likeness (QED) is 0.785. The van der Waals surface area contributed by atoms with E-state index >= 15 is 0 Å². The van der Waals surface area contributed by atoms with Gasteiger partial charge in [0.15, 0.2) is 0 Å². The molecular formula is C13H25NO2. The molecule has 0 saturated carbocycles. The number of rotatable bonds is 5. The summed E-state index contributed by atoms with van der Waals surface area (Å²) in [5.41, 5.74) is 0. The highest BCUT2D eigenvalue weighted by atomic mass is 16.4. The third kappa shape index (κ3) is 3.78. The second-order valence-corrected chi connectivity index (χ2v) is 5.37. The summed E-state index contributed by atoms with van der Waals surface area (Å²) >= 11 is 0. The summed E-state index contributed by atoms with van der Waals surface area (Å²) in [7, 11) is 0. The van der Waals surface area contributed by atoms with Gasteiger partial charge in [0.25, 0.3) is 0 Å². The molecule has 3 nitrogen and oxygen atoms in total. The molecule has 1 aliphatic heterocycles. The maximum atomic E-state index is 11.2. The first-order valence-electron chi connectivity index (χ1n) is 6.51. The molecular weight excluding hydrogens is 202 g/mol. The molecule has 3 atom stereocenters. The number of likely N-dealkylation sites (tertiary alicyclic amines) is 1. The van der Waals surface area contributed by atoms with Crippen molar-refractivity contribution >= 4 is 5.97 Å². The van der Waals surface area contributed by atoms with E-state index in [0.717, 1.165) is 25.9 Å². The maximum absolute atomic E-state index is 11.2. The second kappa shape index (κ2) is 6.24. The number of hydrogen-bond donors (Lipinski definition) is 1. The topological polar surface area (TPSA) is 40.5 Å². The number of carbonyl (C=O) groups is 1. The first-order valence-corrected chi connectivity index (χ1v) is 6.51. The zero-order chi connectivity index (χ0) is 12.1. The Bertz CT molecular complexity index is 230. The van der Waals surface area contributed by atoms with Gasteiger partial charge in [-0.15, -0.1) is 0 Å². The summed E-state index contributed by atoms with van der Waals surface area (Å²) in [4.78, 5) is 13.4. The van der Waals surface area contributed by atoms with Crippen molar-refractivity contribution in [3.8, 4) is 0 Å². The minimum Gasteiger partial charge on any atom is -0.480 e. The molecule has 1 N–H and O–H groups in total. The van der Waals surface area contributed by atoms with Crippen molar-refractivity contribution in [2.75, 3.05) is 13.1 Å². The Balaban J connectivity index is 2.52. The van der Waals surface area contributed by atoms with Gasteiger partial charge in [0, 0.05) is 6.54 Å². The van der Waals surface area contributed by atoms with E-state index in [1.807, 2.05) is 0 Å². The molecule has 0 aromatic rings. The van der Waals surface area contributed by atoms with Crippen LogP contribution in [0.5, 0.6) is 0 Å². The van der Waals surface area contributed by atoms with Crippen molar-refractivity contribution in [3.63, 3.8) is 0 Å². The second-order valence-electron chi connectivity index (χ2n) is 5.37. The van der Waals surface area contributed by atoms with Gasteiger partial charge < -0.3 is 5.11 Å². The fourth-order valence-corrected chi connectivity index (χ4v) is 2.65. The van der Waals surface area contributed by atoms with E-state index in [2.05, 4.69) is 25.7 Å². The molecule has 1 saturated heterocycles. The summed E-state index contributed by atoms with van der Waals surface area (Å²) in [6.45, 7) is 8.45. The molecule has 3 unspecified atom stereocenters. The van der Waals surface area contributed by atoms with E-state index in [9.17, 15) is 9.90 Å². The van der Waals surface area contributed by atoms with Crippen molar-refractivity contribution in [3.05, 3.63) is 0 Å². The zero-order valence-corrected chi connectivity index (χ0v) is 10.8. The summed E-state index contributed by atoms with van der Waals surface area (Å²) in [6, 6.07) is -0.247. The van der Waals surface area contributed by atoms with Gasteiger partial charge in [-0.25, -0.2) is 0 Å². The van der Waals surface area contributed by atoms with Crippen LogP contribution in [0.1, 0.15) is 46.5 Å². The standard InChI is InChI=1S/C13H25NO2/c1-4-5-11(3)9-14-7-6-10(2)8-12(14)13(15)16/h10-12H,4-9H2,1-3H3,(H,15,16). The van der Waals surface area contributed by atoms with Gasteiger partial charge in [-0.05, 0) is 37.6 Å². The first-order chi connectivity index (χ1) is 7.54. The Morgan fingerprint density at radius 1 is 1.56 bits per heavy atom. The SMILES string of the molecule is CCCC(C)CN1CCC(C)CC1C(=O)O. The van der Waals surface area contributed by atoms with Crippen molar-refractivity contribution in [1.29, 1.82) is 0 Å². The summed E-state index contributed by atoms with van der Waals surface area (Å²) in [5.74, 6) is 0.523. The monoisotopic (exact) mass is 227 g/mol. The molecule has 0 radical (unpaired) electrons. The van der Waals surface area contributed by atoms with Crippen LogP contribution in [-0.2, 0) is 4.79 Å². The van der Waals surface area contributed by atoms with Crippen LogP contribution in [0.4, 0.5) is 0 Å². The Morgan fingerprint density at radius 3 is 2.81 bits per heavy atom. The first kappa shape index (κ1) is 13.5. The molecule has 16 heavy (non-hydrogen) atoms. The van der Waals surface area contributed by atoms with Crippen LogP contribution >= 0.6 is 0 Å². The molecule has 94 valence electrons. The molecule has 1 heterocycles. The molecule has 0 amide bonds. The van der Waals surface area contributed by atoms with Crippen LogP contribution in [0.15, 0.2) is 0 Å². The maximum Gasteiger partial charge on any atom is 0.320 e. The molecule has 1 aliphatic rings. The largest absolute Gasteiger partial charge is 0.480 e. The average Bonchev–Trinajstić information content (AvgIpc) is 2.20. The molecule has 1 rings (SSSR count). The predicted molar refractivity (Wildman–Crippen MR) is 65.5 cm³/mol. The molecule has 0 spiro atoms. The summed E-state index contributed by atoms with van der Waals surface area (Å²) < 4.78 is 0. The lowest BCUT2D eigenvalue weighted by Crippen LogP contribution is -2.48. The van der Waals surface area contributed by atoms with Crippen LogP contribution in [0, 0.1) is 11.8 Å². The number of nitrogens with zero attached hydrogens (tertiary/aromatic N) is 1. The fraction of sp³-hybridized carbons (Fsp3) is 0.923. The zero-order valence-electron chi connectivity index (χ0n) is 10.8. The highest BCUT2D eigenvalue weighted by Crippen LogP contribution is 2.24. The molecule has 0 aliphatic carbocycles. The Kier molecular flexibility index (Phi) is 5.26. The fourth-order valence-electron chi connectivity index (χ4n) is 2.65. The average molecular weight is 227 g/mol. The number of hydrogen-bond acceptors (Lipinski definition) is 2.